The van der Waals surface area contributed by atoms with Gasteiger partial charge >= 0.3 is 0 Å². The molecule has 0 aliphatic heterocycles. The lowest BCUT2D eigenvalue weighted by Gasteiger charge is -2.06. The van der Waals surface area contributed by atoms with Gasteiger partial charge in [0, 0.05) is 14.3 Å². The van der Waals surface area contributed by atoms with E-state index in [4.69, 9.17) is 27.6 Å². The molecule has 0 aliphatic rings. The van der Waals surface area contributed by atoms with Gasteiger partial charge in [0.2, 0.25) is 5.89 Å². The third-order valence-corrected chi connectivity index (χ3v) is 5.41. The largest absolute Gasteiger partial charge is 0.436 e. The summed E-state index contributed by atoms with van der Waals surface area (Å²) < 4.78 is 6.67. The summed E-state index contributed by atoms with van der Waals surface area (Å²) in [5.74, 6) is 0.219. The van der Waals surface area contributed by atoms with E-state index in [9.17, 15) is 4.79 Å². The lowest BCUT2D eigenvalue weighted by molar-refractivity contribution is 0.102. The van der Waals surface area contributed by atoms with Crippen LogP contribution in [0, 0.1) is 3.57 Å². The van der Waals surface area contributed by atoms with Crippen LogP contribution in [0.15, 0.2) is 65.1 Å². The van der Waals surface area contributed by atoms with Gasteiger partial charge in [0.15, 0.2) is 5.58 Å². The second-order valence-corrected chi connectivity index (χ2v) is 7.77. The third-order valence-electron chi connectivity index (χ3n) is 3.93. The van der Waals surface area contributed by atoms with E-state index in [1.54, 1.807) is 42.5 Å². The van der Waals surface area contributed by atoms with Crippen LogP contribution in [-0.2, 0) is 0 Å². The molecule has 0 unspecified atom stereocenters. The van der Waals surface area contributed by atoms with Crippen molar-refractivity contribution in [1.29, 1.82) is 0 Å². The predicted molar refractivity (Wildman–Crippen MR) is 117 cm³/mol. The quantitative estimate of drug-likeness (QED) is 0.315. The van der Waals surface area contributed by atoms with Gasteiger partial charge in [-0.3, -0.25) is 4.79 Å². The number of aromatic nitrogens is 1. The number of nitrogens with zero attached hydrogens (tertiary/aromatic N) is 1. The topological polar surface area (TPSA) is 55.1 Å². The van der Waals surface area contributed by atoms with Crippen molar-refractivity contribution in [3.05, 3.63) is 79.8 Å². The summed E-state index contributed by atoms with van der Waals surface area (Å²) in [7, 11) is 0. The van der Waals surface area contributed by atoms with Crippen LogP contribution in [-0.4, -0.2) is 10.9 Å². The van der Waals surface area contributed by atoms with Gasteiger partial charge in [-0.1, -0.05) is 35.3 Å². The van der Waals surface area contributed by atoms with E-state index in [2.05, 4.69) is 32.9 Å². The molecule has 0 saturated carbocycles. The number of rotatable bonds is 3. The first kappa shape index (κ1) is 18.3. The first-order chi connectivity index (χ1) is 13.0. The van der Waals surface area contributed by atoms with Crippen molar-refractivity contribution < 1.29 is 9.21 Å². The highest BCUT2D eigenvalue weighted by Crippen LogP contribution is 2.32. The maximum absolute atomic E-state index is 12.5. The highest BCUT2D eigenvalue weighted by molar-refractivity contribution is 14.1. The van der Waals surface area contributed by atoms with Crippen molar-refractivity contribution in [2.24, 2.45) is 0 Å². The zero-order valence-electron chi connectivity index (χ0n) is 13.7. The summed E-state index contributed by atoms with van der Waals surface area (Å²) in [6, 6.07) is 17.8. The third kappa shape index (κ3) is 3.81. The zero-order chi connectivity index (χ0) is 19.0. The average molecular weight is 509 g/mol. The van der Waals surface area contributed by atoms with Crippen molar-refractivity contribution in [3.8, 4) is 11.5 Å². The van der Waals surface area contributed by atoms with Gasteiger partial charge in [0.25, 0.3) is 5.91 Å². The summed E-state index contributed by atoms with van der Waals surface area (Å²) >= 11 is 14.3. The second-order valence-electron chi connectivity index (χ2n) is 5.76. The fourth-order valence-corrected chi connectivity index (χ4v) is 3.75. The van der Waals surface area contributed by atoms with Gasteiger partial charge in [0.1, 0.15) is 5.52 Å². The molecule has 27 heavy (non-hydrogen) atoms. The summed E-state index contributed by atoms with van der Waals surface area (Å²) in [6.07, 6.45) is 0. The fraction of sp³-hybridized carbons (Fsp3) is 0. The average Bonchev–Trinajstić information content (AvgIpc) is 3.05. The molecule has 0 spiro atoms. The molecule has 7 heteroatoms. The molecule has 4 nitrogen and oxygen atoms in total. The van der Waals surface area contributed by atoms with Crippen LogP contribution >= 0.6 is 45.8 Å². The van der Waals surface area contributed by atoms with Crippen LogP contribution in [0.5, 0.6) is 0 Å². The van der Waals surface area contributed by atoms with Crippen LogP contribution in [0.25, 0.3) is 22.6 Å². The number of fused-ring (bicyclic) bond motifs is 1. The van der Waals surface area contributed by atoms with Crippen molar-refractivity contribution in [1.82, 2.24) is 4.98 Å². The lowest BCUT2D eigenvalue weighted by Crippen LogP contribution is -2.13. The molecule has 3 aromatic carbocycles. The Hall–Kier alpha value is -2.09. The molecule has 0 bridgehead atoms. The fourth-order valence-electron chi connectivity index (χ4n) is 2.63. The second kappa shape index (κ2) is 7.50. The first-order valence-corrected chi connectivity index (χ1v) is 9.76. The Morgan fingerprint density at radius 2 is 1.85 bits per heavy atom. The molecule has 1 amide bonds. The van der Waals surface area contributed by atoms with E-state index in [-0.39, 0.29) is 5.91 Å². The number of anilines is 1. The van der Waals surface area contributed by atoms with Crippen LogP contribution in [0.3, 0.4) is 0 Å². The van der Waals surface area contributed by atoms with Crippen LogP contribution in [0.1, 0.15) is 10.4 Å². The van der Waals surface area contributed by atoms with Crippen molar-refractivity contribution in [2.45, 2.75) is 0 Å². The monoisotopic (exact) mass is 508 g/mol. The van der Waals surface area contributed by atoms with E-state index in [1.165, 1.54) is 0 Å². The molecular formula is C20H11Cl2IN2O2. The van der Waals surface area contributed by atoms with Crippen LogP contribution in [0.2, 0.25) is 10.0 Å². The van der Waals surface area contributed by atoms with Crippen molar-refractivity contribution >= 4 is 68.5 Å². The summed E-state index contributed by atoms with van der Waals surface area (Å²) in [5, 5.41) is 3.89. The lowest BCUT2D eigenvalue weighted by atomic mass is 10.2. The van der Waals surface area contributed by atoms with Gasteiger partial charge in [-0.15, -0.1) is 0 Å². The molecule has 1 heterocycles. The van der Waals surface area contributed by atoms with E-state index in [1.807, 2.05) is 18.2 Å². The van der Waals surface area contributed by atoms with Gasteiger partial charge in [-0.25, -0.2) is 4.98 Å². The number of hydrogen-bond acceptors (Lipinski definition) is 3. The van der Waals surface area contributed by atoms with Crippen molar-refractivity contribution in [2.75, 3.05) is 5.32 Å². The van der Waals surface area contributed by atoms with E-state index in [0.29, 0.717) is 43.9 Å². The van der Waals surface area contributed by atoms with E-state index < -0.39 is 0 Å². The number of carbonyl (C=O) groups excluding carboxylic acids is 1. The van der Waals surface area contributed by atoms with Gasteiger partial charge in [0.05, 0.1) is 16.1 Å². The number of oxazole rings is 1. The maximum Gasteiger partial charge on any atom is 0.256 e. The molecule has 0 radical (unpaired) electrons. The Bertz CT molecular complexity index is 1170. The summed E-state index contributed by atoms with van der Waals surface area (Å²) in [6.45, 7) is 0. The molecule has 0 atom stereocenters. The van der Waals surface area contributed by atoms with Crippen LogP contribution < -0.4 is 5.32 Å². The molecule has 4 rings (SSSR count). The Morgan fingerprint density at radius 3 is 2.63 bits per heavy atom. The number of halogens is 3. The molecule has 1 aromatic heterocycles. The number of amides is 1. The minimum absolute atomic E-state index is 0.177. The minimum atomic E-state index is -0.177. The number of hydrogen-bond donors (Lipinski definition) is 1. The summed E-state index contributed by atoms with van der Waals surface area (Å²) in [4.78, 5) is 17.0. The maximum atomic E-state index is 12.5. The van der Waals surface area contributed by atoms with Gasteiger partial charge in [-0.05, 0) is 71.1 Å². The number of carbonyl (C=O) groups is 1. The van der Waals surface area contributed by atoms with Crippen molar-refractivity contribution in [3.63, 3.8) is 0 Å². The highest BCUT2D eigenvalue weighted by atomic mass is 127. The predicted octanol–water partition coefficient (Wildman–Crippen LogP) is 6.66. The van der Waals surface area contributed by atoms with E-state index in [0.717, 1.165) is 3.57 Å². The SMILES string of the molecule is O=C(Nc1ccc2oc(-c3ccc(Cl)cc3Cl)nc2c1)c1ccccc1I. The van der Waals surface area contributed by atoms with E-state index >= 15 is 0 Å². The number of benzene rings is 3. The molecule has 0 saturated heterocycles. The normalized spacial score (nSPS) is 10.9. The Morgan fingerprint density at radius 1 is 1.04 bits per heavy atom. The number of nitrogens with one attached hydrogen (secondary N) is 1. The molecule has 0 aliphatic carbocycles. The molecule has 1 N–H and O–H groups in total. The Kier molecular flexibility index (Phi) is 5.08. The minimum Gasteiger partial charge on any atom is -0.436 e. The van der Waals surface area contributed by atoms with Gasteiger partial charge < -0.3 is 9.73 Å². The molecule has 4 aromatic rings. The van der Waals surface area contributed by atoms with Gasteiger partial charge in [-0.2, -0.15) is 0 Å². The molecule has 0 fully saturated rings. The zero-order valence-corrected chi connectivity index (χ0v) is 17.3. The standard InChI is InChI=1S/C20H11Cl2IN2O2/c21-11-5-7-13(15(22)9-11)20-25-17-10-12(6-8-18(17)27-20)24-19(26)14-3-1-2-4-16(14)23/h1-10H,(H,24,26). The highest BCUT2D eigenvalue weighted by Gasteiger charge is 2.14. The Labute approximate surface area is 178 Å². The van der Waals surface area contributed by atoms with Crippen LogP contribution in [0.4, 0.5) is 5.69 Å². The smallest absolute Gasteiger partial charge is 0.256 e. The molecule has 134 valence electrons. The molecular weight excluding hydrogens is 498 g/mol. The summed E-state index contributed by atoms with van der Waals surface area (Å²) in [5.41, 5.74) is 3.13. The Balaban J connectivity index is 1.65. The first-order valence-electron chi connectivity index (χ1n) is 7.93.